The minimum absolute atomic E-state index is 0.119. The van der Waals surface area contributed by atoms with Crippen molar-refractivity contribution in [3.05, 3.63) is 22.7 Å². The van der Waals surface area contributed by atoms with E-state index in [-0.39, 0.29) is 4.90 Å². The number of thioether (sulfide) groups is 1. The molecule has 0 spiro atoms. The normalized spacial score (nSPS) is 22.5. The van der Waals surface area contributed by atoms with Crippen LogP contribution < -0.4 is 10.5 Å². The molecule has 0 amide bonds. The Kier molecular flexibility index (Phi) is 4.73. The summed E-state index contributed by atoms with van der Waals surface area (Å²) in [7, 11) is -3.66. The van der Waals surface area contributed by atoms with Crippen molar-refractivity contribution < 1.29 is 8.42 Å². The smallest absolute Gasteiger partial charge is 0.238 e. The Bertz CT molecular complexity index is 602. The minimum Gasteiger partial charge on any atom is -0.381 e. The van der Waals surface area contributed by atoms with Gasteiger partial charge in [0.2, 0.25) is 10.0 Å². The van der Waals surface area contributed by atoms with E-state index in [2.05, 4.69) is 35.1 Å². The van der Waals surface area contributed by atoms with E-state index in [4.69, 9.17) is 5.14 Å². The third kappa shape index (κ3) is 4.13. The Morgan fingerprint density at radius 2 is 2.15 bits per heavy atom. The first-order valence-electron chi connectivity index (χ1n) is 6.34. The molecule has 2 rings (SSSR count). The molecule has 0 bridgehead atoms. The highest BCUT2D eigenvalue weighted by molar-refractivity contribution is 9.10. The quantitative estimate of drug-likeness (QED) is 0.847. The molecule has 0 aromatic heterocycles. The molecular weight excluding hydrogens is 360 g/mol. The second-order valence-electron chi connectivity index (χ2n) is 5.91. The van der Waals surface area contributed by atoms with Crippen molar-refractivity contribution in [2.45, 2.75) is 31.2 Å². The van der Waals surface area contributed by atoms with Crippen LogP contribution in [0.5, 0.6) is 0 Å². The van der Waals surface area contributed by atoms with Crippen LogP contribution in [0, 0.1) is 5.41 Å². The number of rotatable bonds is 3. The van der Waals surface area contributed by atoms with Gasteiger partial charge in [-0.2, -0.15) is 11.8 Å². The van der Waals surface area contributed by atoms with Gasteiger partial charge in [-0.15, -0.1) is 0 Å². The van der Waals surface area contributed by atoms with Crippen molar-refractivity contribution >= 4 is 43.4 Å². The van der Waals surface area contributed by atoms with Crippen molar-refractivity contribution in [1.29, 1.82) is 0 Å². The van der Waals surface area contributed by atoms with Crippen LogP contribution in [-0.2, 0) is 10.0 Å². The number of benzene rings is 1. The fourth-order valence-electron chi connectivity index (χ4n) is 2.36. The Morgan fingerprint density at radius 1 is 1.45 bits per heavy atom. The van der Waals surface area contributed by atoms with Crippen LogP contribution in [0.2, 0.25) is 0 Å². The van der Waals surface area contributed by atoms with Gasteiger partial charge in [0.15, 0.2) is 0 Å². The summed E-state index contributed by atoms with van der Waals surface area (Å²) in [6, 6.07) is 5.22. The molecule has 1 aliphatic rings. The molecule has 1 aliphatic heterocycles. The fourth-order valence-corrected chi connectivity index (χ4v) is 4.82. The second kappa shape index (κ2) is 5.87. The van der Waals surface area contributed by atoms with Crippen LogP contribution >= 0.6 is 27.7 Å². The maximum Gasteiger partial charge on any atom is 0.238 e. The predicted molar refractivity (Wildman–Crippen MR) is 88.6 cm³/mol. The van der Waals surface area contributed by atoms with Gasteiger partial charge < -0.3 is 5.32 Å². The number of anilines is 1. The molecule has 4 nitrogen and oxygen atoms in total. The highest BCUT2D eigenvalue weighted by atomic mass is 79.9. The van der Waals surface area contributed by atoms with Crippen LogP contribution in [0.25, 0.3) is 0 Å². The lowest BCUT2D eigenvalue weighted by atomic mass is 9.88. The molecule has 1 heterocycles. The number of halogens is 1. The summed E-state index contributed by atoms with van der Waals surface area (Å²) >= 11 is 5.35. The summed E-state index contributed by atoms with van der Waals surface area (Å²) in [6.07, 6.45) is 1.10. The molecule has 1 saturated heterocycles. The average Bonchev–Trinajstić information content (AvgIpc) is 2.29. The van der Waals surface area contributed by atoms with E-state index < -0.39 is 10.0 Å². The monoisotopic (exact) mass is 378 g/mol. The van der Waals surface area contributed by atoms with Crippen molar-refractivity contribution in [2.75, 3.05) is 16.8 Å². The fraction of sp³-hybridized carbons (Fsp3) is 0.538. The lowest BCUT2D eigenvalue weighted by Gasteiger charge is -2.35. The molecule has 1 atom stereocenters. The number of nitrogens with two attached hydrogens (primary N) is 1. The third-order valence-corrected chi connectivity index (χ3v) is 6.43. The van der Waals surface area contributed by atoms with Gasteiger partial charge in [-0.05, 0) is 51.7 Å². The summed E-state index contributed by atoms with van der Waals surface area (Å²) in [4.78, 5) is 0.119. The first-order valence-corrected chi connectivity index (χ1v) is 9.83. The molecule has 0 aliphatic carbocycles. The number of nitrogens with one attached hydrogen (secondary N) is 1. The highest BCUT2D eigenvalue weighted by Gasteiger charge is 2.28. The van der Waals surface area contributed by atoms with E-state index in [0.717, 1.165) is 22.3 Å². The molecule has 1 aromatic carbocycles. The Hall–Kier alpha value is -0.240. The van der Waals surface area contributed by atoms with E-state index in [1.54, 1.807) is 12.1 Å². The molecule has 1 fully saturated rings. The summed E-state index contributed by atoms with van der Waals surface area (Å²) in [6.45, 7) is 4.54. The molecule has 112 valence electrons. The Labute approximate surface area is 133 Å². The highest BCUT2D eigenvalue weighted by Crippen LogP contribution is 2.36. The van der Waals surface area contributed by atoms with Gasteiger partial charge in [-0.25, -0.2) is 13.6 Å². The number of primary sulfonamides is 1. The molecule has 1 aromatic rings. The first kappa shape index (κ1) is 16.1. The van der Waals surface area contributed by atoms with Crippen molar-refractivity contribution in [1.82, 2.24) is 0 Å². The zero-order chi connectivity index (χ0) is 15.0. The van der Waals surface area contributed by atoms with Crippen molar-refractivity contribution in [3.63, 3.8) is 0 Å². The largest absolute Gasteiger partial charge is 0.381 e. The van der Waals surface area contributed by atoms with Gasteiger partial charge in [-0.3, -0.25) is 0 Å². The predicted octanol–water partition coefficient (Wildman–Crippen LogP) is 3.04. The van der Waals surface area contributed by atoms with Crippen molar-refractivity contribution in [2.24, 2.45) is 10.6 Å². The van der Waals surface area contributed by atoms with Crippen LogP contribution in [0.3, 0.4) is 0 Å². The summed E-state index contributed by atoms with van der Waals surface area (Å²) < 4.78 is 23.3. The van der Waals surface area contributed by atoms with Gasteiger partial charge in [-0.1, -0.05) is 13.8 Å². The summed E-state index contributed by atoms with van der Waals surface area (Å²) in [5.41, 5.74) is 1.23. The lowest BCUT2D eigenvalue weighted by molar-refractivity contribution is 0.358. The molecule has 20 heavy (non-hydrogen) atoms. The second-order valence-corrected chi connectivity index (χ2v) is 9.36. The summed E-state index contributed by atoms with van der Waals surface area (Å²) in [5.74, 6) is 2.24. The van der Waals surface area contributed by atoms with Crippen LogP contribution in [-0.4, -0.2) is 26.0 Å². The minimum atomic E-state index is -3.66. The van der Waals surface area contributed by atoms with Crippen LogP contribution in [0.4, 0.5) is 5.69 Å². The molecule has 0 radical (unpaired) electrons. The zero-order valence-corrected chi connectivity index (χ0v) is 14.7. The Balaban J connectivity index is 2.14. The Morgan fingerprint density at radius 3 is 2.70 bits per heavy atom. The average molecular weight is 379 g/mol. The van der Waals surface area contributed by atoms with E-state index in [9.17, 15) is 8.42 Å². The van der Waals surface area contributed by atoms with Gasteiger partial charge in [0, 0.05) is 22.0 Å². The molecular formula is C13H19BrN2O2S2. The number of sulfonamides is 1. The van der Waals surface area contributed by atoms with Gasteiger partial charge >= 0.3 is 0 Å². The molecule has 1 unspecified atom stereocenters. The first-order chi connectivity index (χ1) is 9.17. The molecule has 7 heteroatoms. The zero-order valence-electron chi connectivity index (χ0n) is 11.5. The van der Waals surface area contributed by atoms with Crippen LogP contribution in [0.15, 0.2) is 27.6 Å². The molecule has 0 saturated carbocycles. The SMILES string of the molecule is CC1(C)CSCC(Nc2ccc(S(N)(=O)=O)cc2Br)C1. The maximum absolute atomic E-state index is 11.3. The third-order valence-electron chi connectivity index (χ3n) is 3.24. The van der Waals surface area contributed by atoms with Crippen LogP contribution in [0.1, 0.15) is 20.3 Å². The number of hydrogen-bond acceptors (Lipinski definition) is 4. The van der Waals surface area contributed by atoms with E-state index in [1.807, 2.05) is 11.8 Å². The van der Waals surface area contributed by atoms with Gasteiger partial charge in [0.05, 0.1) is 4.90 Å². The van der Waals surface area contributed by atoms with E-state index >= 15 is 0 Å². The van der Waals surface area contributed by atoms with Crippen molar-refractivity contribution in [3.8, 4) is 0 Å². The van der Waals surface area contributed by atoms with Gasteiger partial charge in [0.25, 0.3) is 0 Å². The number of hydrogen-bond donors (Lipinski definition) is 2. The maximum atomic E-state index is 11.3. The summed E-state index contributed by atoms with van der Waals surface area (Å²) in [5, 5.41) is 8.60. The lowest BCUT2D eigenvalue weighted by Crippen LogP contribution is -2.35. The van der Waals surface area contributed by atoms with E-state index in [1.165, 1.54) is 11.8 Å². The van der Waals surface area contributed by atoms with Gasteiger partial charge in [0.1, 0.15) is 0 Å². The molecule has 3 N–H and O–H groups in total. The standard InChI is InChI=1S/C13H19BrN2O2S2/c1-13(2)6-9(7-19-8-13)16-12-4-3-10(5-11(12)14)20(15,17)18/h3-5,9,16H,6-8H2,1-2H3,(H2,15,17,18). The topological polar surface area (TPSA) is 72.2 Å². The van der Waals surface area contributed by atoms with E-state index in [0.29, 0.717) is 11.5 Å².